The Morgan fingerprint density at radius 1 is 0.943 bits per heavy atom. The summed E-state index contributed by atoms with van der Waals surface area (Å²) in [6.45, 7) is 5.19. The highest BCUT2D eigenvalue weighted by atomic mass is 32.2. The first-order chi connectivity index (χ1) is 25.3. The quantitative estimate of drug-likeness (QED) is 0.248. The molecule has 2 aromatic carbocycles. The Labute approximate surface area is 310 Å². The second-order valence-electron chi connectivity index (χ2n) is 15.7. The molecule has 5 aliphatic rings. The van der Waals surface area contributed by atoms with E-state index in [1.807, 2.05) is 60.7 Å². The summed E-state index contributed by atoms with van der Waals surface area (Å²) < 4.78 is 33.3. The van der Waals surface area contributed by atoms with Crippen molar-refractivity contribution in [1.29, 1.82) is 0 Å². The number of benzene rings is 2. The van der Waals surface area contributed by atoms with Crippen molar-refractivity contribution >= 4 is 39.5 Å². The van der Waals surface area contributed by atoms with E-state index in [9.17, 15) is 27.6 Å². The molecule has 53 heavy (non-hydrogen) atoms. The summed E-state index contributed by atoms with van der Waals surface area (Å²) in [6, 6.07) is 13.7. The highest BCUT2D eigenvalue weighted by Gasteiger charge is 2.62. The van der Waals surface area contributed by atoms with Crippen LogP contribution in [0.4, 0.5) is 4.79 Å². The molecule has 2 aliphatic heterocycles. The molecule has 282 valence electrons. The van der Waals surface area contributed by atoms with Crippen molar-refractivity contribution in [2.45, 2.75) is 113 Å². The standard InChI is InChI=1S/C39H47N5O8S/c1-38(2,3)51-37(48)40-31-18-8-6-4-5-7-13-24-22-39(24,36(47)43-53(49,50)26-19-20-26)41-34(45)32-21-25(23-44(32)35(31)46)52-42-33-29-16-11-9-14-27(29)28-15-10-12-17-30(28)33/h7,9-17,24-26,31-32H,4-6,8,18-23H2,1-3H3,(H,40,48)(H,41,45)(H,43,47)/t24-,25-,31+,32+,39-/m1/s1. The molecule has 2 saturated carbocycles. The Bertz CT molecular complexity index is 1920. The third-order valence-electron chi connectivity index (χ3n) is 10.5. The number of alkyl carbamates (subject to hydrolysis) is 1. The van der Waals surface area contributed by atoms with Gasteiger partial charge in [0.1, 0.15) is 35.0 Å². The number of allylic oxidation sites excluding steroid dienone is 1. The molecule has 1 saturated heterocycles. The highest BCUT2D eigenvalue weighted by molar-refractivity contribution is 7.91. The van der Waals surface area contributed by atoms with Crippen LogP contribution in [0.2, 0.25) is 0 Å². The van der Waals surface area contributed by atoms with E-state index >= 15 is 0 Å². The van der Waals surface area contributed by atoms with E-state index in [0.717, 1.165) is 35.1 Å². The summed E-state index contributed by atoms with van der Waals surface area (Å²) >= 11 is 0. The van der Waals surface area contributed by atoms with Gasteiger partial charge in [-0.15, -0.1) is 0 Å². The predicted molar refractivity (Wildman–Crippen MR) is 197 cm³/mol. The lowest BCUT2D eigenvalue weighted by Gasteiger charge is -2.30. The fourth-order valence-electron chi connectivity index (χ4n) is 7.51. The fraction of sp³-hybridized carbons (Fsp3) is 0.513. The SMILES string of the molecule is CC(C)(C)OC(=O)N[C@H]1CCCCCC=C[C@@H]2C[C@@]2(C(=O)NS(=O)(=O)C2CC2)NC(=O)[C@@H]2C[C@@H](ON=C3c4ccccc4-c4ccccc43)CN2C1=O. The van der Waals surface area contributed by atoms with Gasteiger partial charge in [-0.1, -0.05) is 78.7 Å². The fourth-order valence-corrected chi connectivity index (χ4v) is 8.87. The number of sulfonamides is 1. The van der Waals surface area contributed by atoms with Crippen molar-refractivity contribution in [2.75, 3.05) is 6.54 Å². The van der Waals surface area contributed by atoms with Crippen LogP contribution >= 0.6 is 0 Å². The molecular weight excluding hydrogens is 699 g/mol. The second kappa shape index (κ2) is 14.3. The molecule has 2 aromatic rings. The van der Waals surface area contributed by atoms with Gasteiger partial charge in [0.2, 0.25) is 21.8 Å². The summed E-state index contributed by atoms with van der Waals surface area (Å²) in [5.41, 5.74) is 2.20. The topological polar surface area (TPSA) is 173 Å². The van der Waals surface area contributed by atoms with Gasteiger partial charge in [0.25, 0.3) is 5.91 Å². The maximum absolute atomic E-state index is 14.4. The Hall–Kier alpha value is -4.72. The molecule has 3 fully saturated rings. The molecule has 14 heteroatoms. The van der Waals surface area contributed by atoms with Crippen molar-refractivity contribution in [3.05, 3.63) is 71.8 Å². The van der Waals surface area contributed by atoms with Gasteiger partial charge in [-0.05, 0) is 70.4 Å². The van der Waals surface area contributed by atoms with Gasteiger partial charge in [-0.25, -0.2) is 13.2 Å². The number of hydrogen-bond donors (Lipinski definition) is 3. The van der Waals surface area contributed by atoms with Gasteiger partial charge in [0.15, 0.2) is 0 Å². The van der Waals surface area contributed by atoms with Crippen LogP contribution in [0.1, 0.15) is 89.7 Å². The van der Waals surface area contributed by atoms with E-state index in [1.54, 1.807) is 20.8 Å². The number of carbonyl (C=O) groups is 4. The van der Waals surface area contributed by atoms with Crippen LogP contribution in [0.25, 0.3) is 11.1 Å². The minimum Gasteiger partial charge on any atom is -0.444 e. The van der Waals surface area contributed by atoms with Crippen LogP contribution in [-0.4, -0.2) is 84.0 Å². The van der Waals surface area contributed by atoms with E-state index in [2.05, 4.69) is 20.5 Å². The minimum atomic E-state index is -3.88. The molecular formula is C39H47N5O8S. The number of nitrogens with one attached hydrogen (secondary N) is 3. The first kappa shape index (κ1) is 36.6. The molecule has 2 heterocycles. The molecule has 0 aromatic heterocycles. The molecule has 0 spiro atoms. The maximum Gasteiger partial charge on any atom is 0.408 e. The zero-order valence-corrected chi connectivity index (χ0v) is 31.1. The van der Waals surface area contributed by atoms with E-state index in [1.165, 1.54) is 4.90 Å². The monoisotopic (exact) mass is 745 g/mol. The lowest BCUT2D eigenvalue weighted by Crippen LogP contribution is -2.58. The van der Waals surface area contributed by atoms with Gasteiger partial charge in [0, 0.05) is 23.5 Å². The van der Waals surface area contributed by atoms with Gasteiger partial charge in [-0.2, -0.15) is 0 Å². The van der Waals surface area contributed by atoms with Crippen molar-refractivity contribution in [1.82, 2.24) is 20.3 Å². The van der Waals surface area contributed by atoms with Crippen LogP contribution in [0.5, 0.6) is 0 Å². The molecule has 13 nitrogen and oxygen atoms in total. The first-order valence-electron chi connectivity index (χ1n) is 18.5. The van der Waals surface area contributed by atoms with E-state index < -0.39 is 74.3 Å². The highest BCUT2D eigenvalue weighted by Crippen LogP contribution is 2.46. The van der Waals surface area contributed by atoms with Gasteiger partial charge in [-0.3, -0.25) is 19.1 Å². The third kappa shape index (κ3) is 7.83. The van der Waals surface area contributed by atoms with Crippen LogP contribution in [0.15, 0.2) is 65.8 Å². The average Bonchev–Trinajstić information content (AvgIpc) is 4.01. The Balaban J connectivity index is 1.18. The van der Waals surface area contributed by atoms with Gasteiger partial charge >= 0.3 is 6.09 Å². The zero-order chi connectivity index (χ0) is 37.5. The summed E-state index contributed by atoms with van der Waals surface area (Å²) in [5.74, 6) is -2.30. The number of oxime groups is 1. The summed E-state index contributed by atoms with van der Waals surface area (Å²) in [5, 5.41) is 9.60. The number of amides is 4. The Morgan fingerprint density at radius 3 is 2.25 bits per heavy atom. The largest absolute Gasteiger partial charge is 0.444 e. The van der Waals surface area contributed by atoms with Crippen molar-refractivity contribution in [3.63, 3.8) is 0 Å². The van der Waals surface area contributed by atoms with E-state index in [-0.39, 0.29) is 19.4 Å². The lowest BCUT2D eigenvalue weighted by atomic mass is 10.0. The first-order valence-corrected chi connectivity index (χ1v) is 20.1. The second-order valence-corrected chi connectivity index (χ2v) is 17.7. The maximum atomic E-state index is 14.4. The molecule has 7 rings (SSSR count). The van der Waals surface area contributed by atoms with Crippen molar-refractivity contribution in [3.8, 4) is 11.1 Å². The summed E-state index contributed by atoms with van der Waals surface area (Å²) in [6.07, 6.45) is 6.81. The summed E-state index contributed by atoms with van der Waals surface area (Å²) in [7, 11) is -3.88. The Kier molecular flexibility index (Phi) is 9.85. The number of hydrogen-bond acceptors (Lipinski definition) is 9. The minimum absolute atomic E-state index is 0.0118. The van der Waals surface area contributed by atoms with E-state index in [4.69, 9.17) is 9.57 Å². The molecule has 5 atom stereocenters. The normalized spacial score (nSPS) is 27.2. The lowest BCUT2D eigenvalue weighted by molar-refractivity contribution is -0.141. The third-order valence-corrected chi connectivity index (χ3v) is 12.3. The van der Waals surface area contributed by atoms with Crippen LogP contribution < -0.4 is 15.4 Å². The molecule has 3 N–H and O–H groups in total. The van der Waals surface area contributed by atoms with Crippen LogP contribution in [-0.2, 0) is 34.0 Å². The molecule has 0 unspecified atom stereocenters. The number of nitrogens with zero attached hydrogens (tertiary/aromatic N) is 2. The van der Waals surface area contributed by atoms with E-state index in [0.29, 0.717) is 37.8 Å². The predicted octanol–water partition coefficient (Wildman–Crippen LogP) is 4.30. The molecule has 0 radical (unpaired) electrons. The zero-order valence-electron chi connectivity index (χ0n) is 30.3. The van der Waals surface area contributed by atoms with Crippen LogP contribution in [0, 0.1) is 5.92 Å². The smallest absolute Gasteiger partial charge is 0.408 e. The Morgan fingerprint density at radius 2 is 1.60 bits per heavy atom. The molecule has 3 aliphatic carbocycles. The number of ether oxygens (including phenoxy) is 1. The number of fused-ring (bicyclic) bond motifs is 5. The molecule has 0 bridgehead atoms. The number of carbonyl (C=O) groups excluding carboxylic acids is 4. The molecule has 4 amide bonds. The van der Waals surface area contributed by atoms with Crippen LogP contribution in [0.3, 0.4) is 0 Å². The number of rotatable bonds is 6. The average molecular weight is 746 g/mol. The van der Waals surface area contributed by atoms with Crippen molar-refractivity contribution in [2.24, 2.45) is 11.1 Å². The van der Waals surface area contributed by atoms with Crippen molar-refractivity contribution < 1.29 is 37.2 Å². The van der Waals surface area contributed by atoms with Gasteiger partial charge in [0.05, 0.1) is 11.8 Å². The van der Waals surface area contributed by atoms with Gasteiger partial charge < -0.3 is 25.1 Å². The summed E-state index contributed by atoms with van der Waals surface area (Å²) in [4.78, 5) is 63.0.